The first-order chi connectivity index (χ1) is 15.0. The van der Waals surface area contributed by atoms with Gasteiger partial charge in [0.05, 0.1) is 0 Å². The summed E-state index contributed by atoms with van der Waals surface area (Å²) in [7, 11) is 0. The smallest absolute Gasteiger partial charge is 0.129 e. The summed E-state index contributed by atoms with van der Waals surface area (Å²) in [5.74, 6) is 5.47. The highest BCUT2D eigenvalue weighted by Gasteiger charge is 2.74. The van der Waals surface area contributed by atoms with Crippen molar-refractivity contribution in [1.82, 2.24) is 4.90 Å². The largest absolute Gasteiger partial charge is 0.375 e. The monoisotopic (exact) mass is 419 g/mol. The summed E-state index contributed by atoms with van der Waals surface area (Å²) in [6, 6.07) is 0. The zero-order chi connectivity index (χ0) is 21.4. The van der Waals surface area contributed by atoms with Crippen LogP contribution < -0.4 is 0 Å². The van der Waals surface area contributed by atoms with Crippen LogP contribution in [0.1, 0.15) is 78.1 Å². The highest BCUT2D eigenvalue weighted by Crippen LogP contribution is 2.80. The summed E-state index contributed by atoms with van der Waals surface area (Å²) in [5.41, 5.74) is 3.89. The molecule has 4 fully saturated rings. The number of nitrogens with zero attached hydrogens (tertiary/aromatic N) is 1. The fourth-order valence-corrected chi connectivity index (χ4v) is 9.75. The van der Waals surface area contributed by atoms with Gasteiger partial charge in [0.25, 0.3) is 0 Å². The number of hydrogen-bond donors (Lipinski definition) is 0. The Morgan fingerprint density at radius 2 is 2.03 bits per heavy atom. The summed E-state index contributed by atoms with van der Waals surface area (Å²) >= 11 is 0. The fourth-order valence-electron chi connectivity index (χ4n) is 9.75. The van der Waals surface area contributed by atoms with Gasteiger partial charge in [-0.2, -0.15) is 0 Å². The maximum atomic E-state index is 11.9. The van der Waals surface area contributed by atoms with Gasteiger partial charge in [-0.15, -0.1) is 6.58 Å². The van der Waals surface area contributed by atoms with Gasteiger partial charge in [0.2, 0.25) is 0 Å². The molecule has 168 valence electrons. The first kappa shape index (κ1) is 20.3. The molecule has 0 aromatic heterocycles. The number of carbonyl (C=O) groups excluding carboxylic acids is 1. The average Bonchev–Trinajstić information content (AvgIpc) is 3.27. The van der Waals surface area contributed by atoms with Crippen LogP contribution in [0.25, 0.3) is 0 Å². The van der Waals surface area contributed by atoms with Crippen molar-refractivity contribution in [3.8, 4) is 0 Å². The van der Waals surface area contributed by atoms with E-state index in [-0.39, 0.29) is 5.41 Å². The number of hydrogen-bond acceptors (Lipinski definition) is 2. The molecule has 7 unspecified atom stereocenters. The van der Waals surface area contributed by atoms with Crippen LogP contribution in [-0.4, -0.2) is 23.8 Å². The minimum Gasteiger partial charge on any atom is -0.375 e. The third kappa shape index (κ3) is 2.78. The van der Waals surface area contributed by atoms with Crippen molar-refractivity contribution in [2.45, 2.75) is 78.1 Å². The highest BCUT2D eigenvalue weighted by molar-refractivity contribution is 5.75. The van der Waals surface area contributed by atoms with Gasteiger partial charge in [0.1, 0.15) is 5.78 Å². The molecule has 0 amide bonds. The van der Waals surface area contributed by atoms with Crippen molar-refractivity contribution in [1.29, 1.82) is 0 Å². The molecular weight excluding hydrogens is 378 g/mol. The molecule has 6 aliphatic rings. The second-order valence-electron chi connectivity index (χ2n) is 12.2. The van der Waals surface area contributed by atoms with Gasteiger partial charge in [-0.25, -0.2) is 0 Å². The van der Waals surface area contributed by atoms with E-state index in [1.165, 1.54) is 64.5 Å². The number of Topliss-reactive ketones (excluding diaryl/α,β-unsaturated/α-hetero) is 1. The summed E-state index contributed by atoms with van der Waals surface area (Å²) in [6.07, 6.45) is 20.2. The third-order valence-corrected chi connectivity index (χ3v) is 11.2. The SMILES string of the molecule is C=CC1(CCC(C)=O)[C@@H]2CC2C2C3CC=C4C=C(N5CCCC5)CCC4C3CCC21C. The number of likely N-dealkylation sites (tertiary alicyclic amines) is 1. The van der Waals surface area contributed by atoms with Crippen LogP contribution in [0.15, 0.2) is 36.1 Å². The van der Waals surface area contributed by atoms with E-state index in [0.29, 0.717) is 11.2 Å². The Morgan fingerprint density at radius 3 is 2.77 bits per heavy atom. The van der Waals surface area contributed by atoms with E-state index in [1.807, 2.05) is 0 Å². The Balaban J connectivity index is 1.29. The van der Waals surface area contributed by atoms with Gasteiger partial charge in [0, 0.05) is 25.2 Å². The molecule has 1 saturated heterocycles. The van der Waals surface area contributed by atoms with Crippen LogP contribution >= 0.6 is 0 Å². The van der Waals surface area contributed by atoms with E-state index >= 15 is 0 Å². The summed E-state index contributed by atoms with van der Waals surface area (Å²) < 4.78 is 0. The molecule has 2 nitrogen and oxygen atoms in total. The lowest BCUT2D eigenvalue weighted by Gasteiger charge is -2.58. The molecule has 2 heteroatoms. The fraction of sp³-hybridized carbons (Fsp3) is 0.759. The van der Waals surface area contributed by atoms with Gasteiger partial charge in [-0.3, -0.25) is 0 Å². The molecule has 0 aromatic rings. The minimum absolute atomic E-state index is 0.207. The Labute approximate surface area is 189 Å². The normalized spacial score (nSPS) is 47.5. The lowest BCUT2D eigenvalue weighted by atomic mass is 9.47. The number of carbonyl (C=O) groups is 1. The molecule has 5 aliphatic carbocycles. The number of rotatable bonds is 5. The molecule has 3 saturated carbocycles. The second kappa shape index (κ2) is 7.09. The van der Waals surface area contributed by atoms with E-state index in [0.717, 1.165) is 48.3 Å². The van der Waals surface area contributed by atoms with E-state index in [2.05, 4.69) is 36.6 Å². The molecular formula is C29H41NO. The summed E-state index contributed by atoms with van der Waals surface area (Å²) in [6.45, 7) is 11.3. The first-order valence-corrected chi connectivity index (χ1v) is 13.3. The van der Waals surface area contributed by atoms with E-state index in [4.69, 9.17) is 0 Å². The van der Waals surface area contributed by atoms with Crippen LogP contribution in [0.3, 0.4) is 0 Å². The molecule has 1 aliphatic heterocycles. The quantitative estimate of drug-likeness (QED) is 0.471. The number of allylic oxidation sites excluding steroid dienone is 5. The van der Waals surface area contributed by atoms with Crippen molar-refractivity contribution >= 4 is 5.78 Å². The predicted octanol–water partition coefficient (Wildman–Crippen LogP) is 6.55. The first-order valence-electron chi connectivity index (χ1n) is 13.3. The molecule has 8 atom stereocenters. The van der Waals surface area contributed by atoms with E-state index in [1.54, 1.807) is 18.2 Å². The van der Waals surface area contributed by atoms with Crippen LogP contribution in [0, 0.1) is 46.3 Å². The standard InChI is InChI=1S/C29H41NO/c1-4-29(14-11-19(2)31)26-18-25(26)27-24-9-7-20-17-21(30-15-5-6-16-30)8-10-22(20)23(24)12-13-28(27,29)3/h4,7,17,22-27H,1,5-6,8-16,18H2,2-3H3/t22?,23?,24?,25?,26-,27?,28?,29?/m1/s1. The molecule has 6 rings (SSSR count). The molecule has 0 aromatic carbocycles. The summed E-state index contributed by atoms with van der Waals surface area (Å²) in [5, 5.41) is 0. The number of ketones is 1. The van der Waals surface area contributed by atoms with Gasteiger partial charge in [-0.1, -0.05) is 19.1 Å². The van der Waals surface area contributed by atoms with Gasteiger partial charge < -0.3 is 9.69 Å². The molecule has 0 radical (unpaired) electrons. The van der Waals surface area contributed by atoms with Crippen LogP contribution in [0.5, 0.6) is 0 Å². The van der Waals surface area contributed by atoms with Gasteiger partial charge in [-0.05, 0) is 123 Å². The predicted molar refractivity (Wildman–Crippen MR) is 126 cm³/mol. The van der Waals surface area contributed by atoms with Crippen LogP contribution in [0.2, 0.25) is 0 Å². The molecule has 1 heterocycles. The molecule has 0 spiro atoms. The molecule has 0 N–H and O–H groups in total. The van der Waals surface area contributed by atoms with Crippen LogP contribution in [0.4, 0.5) is 0 Å². The Bertz CT molecular complexity index is 847. The maximum Gasteiger partial charge on any atom is 0.129 e. The van der Waals surface area contributed by atoms with Gasteiger partial charge >= 0.3 is 0 Å². The van der Waals surface area contributed by atoms with E-state index in [9.17, 15) is 4.79 Å². The Hall–Kier alpha value is -1.31. The Kier molecular flexibility index (Phi) is 4.65. The van der Waals surface area contributed by atoms with Crippen molar-refractivity contribution in [3.63, 3.8) is 0 Å². The van der Waals surface area contributed by atoms with Crippen molar-refractivity contribution < 1.29 is 4.79 Å². The second-order valence-corrected chi connectivity index (χ2v) is 12.2. The van der Waals surface area contributed by atoms with Crippen molar-refractivity contribution in [2.24, 2.45) is 46.3 Å². The topological polar surface area (TPSA) is 20.3 Å². The minimum atomic E-state index is 0.207. The molecule has 0 bridgehead atoms. The molecule has 31 heavy (non-hydrogen) atoms. The van der Waals surface area contributed by atoms with Crippen LogP contribution in [-0.2, 0) is 4.79 Å². The van der Waals surface area contributed by atoms with E-state index < -0.39 is 0 Å². The third-order valence-electron chi connectivity index (χ3n) is 11.2. The lowest BCUT2D eigenvalue weighted by Crippen LogP contribution is -2.51. The maximum absolute atomic E-state index is 11.9. The lowest BCUT2D eigenvalue weighted by molar-refractivity contribution is -0.118. The Morgan fingerprint density at radius 1 is 1.23 bits per heavy atom. The number of fused-ring (bicyclic) bond motifs is 7. The zero-order valence-corrected chi connectivity index (χ0v) is 19.7. The van der Waals surface area contributed by atoms with Crippen molar-refractivity contribution in [3.05, 3.63) is 36.1 Å². The van der Waals surface area contributed by atoms with Crippen molar-refractivity contribution in [2.75, 3.05) is 13.1 Å². The average molecular weight is 420 g/mol. The summed E-state index contributed by atoms with van der Waals surface area (Å²) in [4.78, 5) is 14.6. The van der Waals surface area contributed by atoms with Gasteiger partial charge in [0.15, 0.2) is 0 Å². The zero-order valence-electron chi connectivity index (χ0n) is 19.7. The highest BCUT2D eigenvalue weighted by atomic mass is 16.1.